The van der Waals surface area contributed by atoms with Crippen molar-refractivity contribution in [3.05, 3.63) is 46.6 Å². The molecular weight excluding hydrogens is 254 g/mol. The predicted molar refractivity (Wildman–Crippen MR) is 67.2 cm³/mol. The Morgan fingerprint density at radius 1 is 1.44 bits per heavy atom. The average Bonchev–Trinajstić information content (AvgIpc) is 2.78. The number of benzene rings is 1. The van der Waals surface area contributed by atoms with Gasteiger partial charge in [-0.3, -0.25) is 0 Å². The summed E-state index contributed by atoms with van der Waals surface area (Å²) in [5.74, 6) is 0.723. The summed E-state index contributed by atoms with van der Waals surface area (Å²) in [4.78, 5) is 4.13. The van der Waals surface area contributed by atoms with Crippen molar-refractivity contribution in [1.82, 2.24) is 10.1 Å². The van der Waals surface area contributed by atoms with Gasteiger partial charge in [0.25, 0.3) is 5.89 Å². The van der Waals surface area contributed by atoms with Gasteiger partial charge in [-0.05, 0) is 30.7 Å². The van der Waals surface area contributed by atoms with Crippen molar-refractivity contribution in [2.24, 2.45) is 5.73 Å². The third kappa shape index (κ3) is 3.29. The lowest BCUT2D eigenvalue weighted by Crippen LogP contribution is -2.07. The number of aliphatic hydroxyl groups excluding tert-OH is 1. The van der Waals surface area contributed by atoms with Crippen molar-refractivity contribution in [2.45, 2.75) is 18.9 Å². The summed E-state index contributed by atoms with van der Waals surface area (Å²) >= 11 is 5.89. The molecule has 2 aromatic rings. The molecule has 96 valence electrons. The van der Waals surface area contributed by atoms with E-state index in [1.165, 1.54) is 0 Å². The lowest BCUT2D eigenvalue weighted by Gasteiger charge is -2.01. The fraction of sp³-hybridized carbons (Fsp3) is 0.333. The van der Waals surface area contributed by atoms with Crippen LogP contribution in [0.5, 0.6) is 0 Å². The predicted octanol–water partition coefficient (Wildman–Crippen LogP) is 1.70. The summed E-state index contributed by atoms with van der Waals surface area (Å²) in [5, 5.41) is 14.1. The van der Waals surface area contributed by atoms with Crippen LogP contribution in [0.1, 0.15) is 29.8 Å². The number of rotatable bonds is 5. The second kappa shape index (κ2) is 5.95. The Kier molecular flexibility index (Phi) is 4.30. The minimum Gasteiger partial charge on any atom is -0.383 e. The maximum atomic E-state index is 9.65. The largest absolute Gasteiger partial charge is 0.383 e. The van der Waals surface area contributed by atoms with Gasteiger partial charge in [0.05, 0.1) is 0 Å². The van der Waals surface area contributed by atoms with E-state index in [-0.39, 0.29) is 5.89 Å². The number of aliphatic hydroxyl groups is 1. The van der Waals surface area contributed by atoms with Crippen LogP contribution in [0.3, 0.4) is 0 Å². The van der Waals surface area contributed by atoms with Crippen LogP contribution in [-0.4, -0.2) is 21.8 Å². The summed E-state index contributed by atoms with van der Waals surface area (Å²) in [6.07, 6.45) is 0.119. The van der Waals surface area contributed by atoms with Gasteiger partial charge in [-0.25, -0.2) is 0 Å². The Labute approximate surface area is 110 Å². The van der Waals surface area contributed by atoms with Crippen molar-refractivity contribution in [1.29, 1.82) is 0 Å². The molecule has 0 radical (unpaired) electrons. The van der Waals surface area contributed by atoms with E-state index in [0.717, 1.165) is 5.56 Å². The molecule has 0 aliphatic heterocycles. The highest BCUT2D eigenvalue weighted by Gasteiger charge is 2.15. The van der Waals surface area contributed by atoms with Crippen LogP contribution in [0.25, 0.3) is 0 Å². The highest BCUT2D eigenvalue weighted by molar-refractivity contribution is 6.30. The zero-order valence-electron chi connectivity index (χ0n) is 9.71. The highest BCUT2D eigenvalue weighted by atomic mass is 35.5. The lowest BCUT2D eigenvalue weighted by molar-refractivity contribution is 0.127. The fourth-order valence-corrected chi connectivity index (χ4v) is 1.80. The standard InChI is InChI=1S/C12H14ClN3O2/c13-9-3-1-2-8(6-9)7-11-15-12(18-16-11)10(17)4-5-14/h1-3,6,10,17H,4-5,7,14H2/t10-/m0/s1. The van der Waals surface area contributed by atoms with Crippen molar-refractivity contribution < 1.29 is 9.63 Å². The van der Waals surface area contributed by atoms with E-state index in [1.807, 2.05) is 18.2 Å². The first-order valence-electron chi connectivity index (χ1n) is 5.64. The minimum atomic E-state index is -0.796. The zero-order chi connectivity index (χ0) is 13.0. The average molecular weight is 268 g/mol. The molecule has 0 unspecified atom stereocenters. The van der Waals surface area contributed by atoms with Crippen LogP contribution in [-0.2, 0) is 6.42 Å². The first-order chi connectivity index (χ1) is 8.69. The van der Waals surface area contributed by atoms with E-state index in [1.54, 1.807) is 6.07 Å². The van der Waals surface area contributed by atoms with Gasteiger partial charge in [-0.15, -0.1) is 0 Å². The molecule has 5 nitrogen and oxygen atoms in total. The van der Waals surface area contributed by atoms with E-state index in [2.05, 4.69) is 10.1 Å². The van der Waals surface area contributed by atoms with Crippen LogP contribution < -0.4 is 5.73 Å². The highest BCUT2D eigenvalue weighted by Crippen LogP contribution is 2.16. The molecule has 0 spiro atoms. The molecule has 0 fully saturated rings. The second-order valence-electron chi connectivity index (χ2n) is 3.95. The third-order valence-electron chi connectivity index (χ3n) is 2.46. The molecule has 2 rings (SSSR count). The minimum absolute atomic E-state index is 0.206. The van der Waals surface area contributed by atoms with Crippen LogP contribution in [0, 0.1) is 0 Å². The molecule has 0 aliphatic rings. The maximum Gasteiger partial charge on any atom is 0.255 e. The van der Waals surface area contributed by atoms with Gasteiger partial charge in [0.2, 0.25) is 0 Å². The second-order valence-corrected chi connectivity index (χ2v) is 4.39. The fourth-order valence-electron chi connectivity index (χ4n) is 1.59. The molecule has 1 aromatic heterocycles. The first-order valence-corrected chi connectivity index (χ1v) is 6.02. The molecule has 1 heterocycles. The smallest absolute Gasteiger partial charge is 0.255 e. The summed E-state index contributed by atoms with van der Waals surface area (Å²) < 4.78 is 4.98. The van der Waals surface area contributed by atoms with Crippen LogP contribution in [0.4, 0.5) is 0 Å². The van der Waals surface area contributed by atoms with Gasteiger partial charge in [0.15, 0.2) is 5.82 Å². The Balaban J connectivity index is 2.06. The van der Waals surface area contributed by atoms with Crippen molar-refractivity contribution in [3.63, 3.8) is 0 Å². The topological polar surface area (TPSA) is 85.2 Å². The number of nitrogens with two attached hydrogens (primary N) is 1. The van der Waals surface area contributed by atoms with Crippen molar-refractivity contribution >= 4 is 11.6 Å². The molecule has 18 heavy (non-hydrogen) atoms. The van der Waals surface area contributed by atoms with E-state index in [0.29, 0.717) is 30.2 Å². The number of hydrogen-bond acceptors (Lipinski definition) is 5. The normalized spacial score (nSPS) is 12.6. The summed E-state index contributed by atoms with van der Waals surface area (Å²) in [5.41, 5.74) is 6.34. The Morgan fingerprint density at radius 2 is 2.28 bits per heavy atom. The van der Waals surface area contributed by atoms with Gasteiger partial charge in [0.1, 0.15) is 6.10 Å². The maximum absolute atomic E-state index is 9.65. The van der Waals surface area contributed by atoms with E-state index < -0.39 is 6.10 Å². The molecule has 1 aromatic carbocycles. The quantitative estimate of drug-likeness (QED) is 0.861. The van der Waals surface area contributed by atoms with Crippen molar-refractivity contribution in [2.75, 3.05) is 6.54 Å². The molecule has 6 heteroatoms. The Hall–Kier alpha value is -1.43. The van der Waals surface area contributed by atoms with Gasteiger partial charge in [0, 0.05) is 11.4 Å². The molecule has 3 N–H and O–H groups in total. The summed E-state index contributed by atoms with van der Waals surface area (Å²) in [7, 11) is 0. The van der Waals surface area contributed by atoms with Gasteiger partial charge < -0.3 is 15.4 Å². The lowest BCUT2D eigenvalue weighted by atomic mass is 10.1. The van der Waals surface area contributed by atoms with Crippen LogP contribution in [0.15, 0.2) is 28.8 Å². The Morgan fingerprint density at radius 3 is 3.00 bits per heavy atom. The zero-order valence-corrected chi connectivity index (χ0v) is 10.5. The van der Waals surface area contributed by atoms with Gasteiger partial charge in [-0.2, -0.15) is 4.98 Å². The Bertz CT molecular complexity index is 516. The van der Waals surface area contributed by atoms with Crippen LogP contribution in [0.2, 0.25) is 5.02 Å². The van der Waals surface area contributed by atoms with E-state index in [9.17, 15) is 5.11 Å². The van der Waals surface area contributed by atoms with Gasteiger partial charge >= 0.3 is 0 Å². The molecule has 0 saturated carbocycles. The van der Waals surface area contributed by atoms with E-state index >= 15 is 0 Å². The molecule has 1 atom stereocenters. The molecule has 0 amide bonds. The number of nitrogens with zero attached hydrogens (tertiary/aromatic N) is 2. The number of halogens is 1. The summed E-state index contributed by atoms with van der Waals surface area (Å²) in [6.45, 7) is 0.368. The molecule has 0 bridgehead atoms. The monoisotopic (exact) mass is 267 g/mol. The van der Waals surface area contributed by atoms with Crippen molar-refractivity contribution in [3.8, 4) is 0 Å². The molecule has 0 aliphatic carbocycles. The van der Waals surface area contributed by atoms with E-state index in [4.69, 9.17) is 21.9 Å². The molecular formula is C12H14ClN3O2. The SMILES string of the molecule is NCC[C@H](O)c1nc(Cc2cccc(Cl)c2)no1. The molecule has 0 saturated heterocycles. The van der Waals surface area contributed by atoms with Crippen LogP contribution >= 0.6 is 11.6 Å². The number of hydrogen-bond donors (Lipinski definition) is 2. The first kappa shape index (κ1) is 13.0. The third-order valence-corrected chi connectivity index (χ3v) is 2.70. The summed E-state index contributed by atoms with van der Waals surface area (Å²) in [6, 6.07) is 7.44. The number of aromatic nitrogens is 2. The van der Waals surface area contributed by atoms with Gasteiger partial charge in [-0.1, -0.05) is 28.9 Å².